The average molecular weight is 340 g/mol. The lowest BCUT2D eigenvalue weighted by Gasteiger charge is -2.36. The molecule has 5 heteroatoms. The number of hydrogen-bond donors (Lipinski definition) is 1. The Bertz CT molecular complexity index is 720. The maximum absolute atomic E-state index is 11.7. The van der Waals surface area contributed by atoms with Crippen molar-refractivity contribution in [1.29, 1.82) is 0 Å². The zero-order chi connectivity index (χ0) is 17.6. The Labute approximate surface area is 149 Å². The van der Waals surface area contributed by atoms with Gasteiger partial charge in [0.1, 0.15) is 5.82 Å². The predicted molar refractivity (Wildman–Crippen MR) is 100 cm³/mol. The molecular formula is C20H28N4O. The monoisotopic (exact) mass is 340 g/mol. The van der Waals surface area contributed by atoms with Gasteiger partial charge < -0.3 is 4.98 Å². The highest BCUT2D eigenvalue weighted by Gasteiger charge is 2.23. The molecule has 3 rings (SSSR count). The van der Waals surface area contributed by atoms with Crippen LogP contribution >= 0.6 is 0 Å². The summed E-state index contributed by atoms with van der Waals surface area (Å²) in [6.07, 6.45) is 3.10. The number of aromatic amines is 1. The van der Waals surface area contributed by atoms with E-state index < -0.39 is 0 Å². The Kier molecular flexibility index (Phi) is 6.00. The van der Waals surface area contributed by atoms with Crippen LogP contribution in [-0.4, -0.2) is 45.9 Å². The molecule has 1 aliphatic rings. The number of piperidine rings is 1. The molecule has 1 aromatic carbocycles. The first kappa shape index (κ1) is 17.8. The molecule has 1 fully saturated rings. The van der Waals surface area contributed by atoms with Gasteiger partial charge >= 0.3 is 0 Å². The van der Waals surface area contributed by atoms with Gasteiger partial charge in [0.15, 0.2) is 0 Å². The Morgan fingerprint density at radius 1 is 1.24 bits per heavy atom. The van der Waals surface area contributed by atoms with Gasteiger partial charge in [0.2, 0.25) is 0 Å². The number of aryl methyl sites for hydroxylation is 1. The molecule has 0 aliphatic carbocycles. The summed E-state index contributed by atoms with van der Waals surface area (Å²) in [4.78, 5) is 24.0. The smallest absolute Gasteiger partial charge is 0.251 e. The number of nitrogens with zero attached hydrogens (tertiary/aromatic N) is 3. The summed E-state index contributed by atoms with van der Waals surface area (Å²) in [5.74, 6) is 0.776. The summed E-state index contributed by atoms with van der Waals surface area (Å²) in [5, 5.41) is 0. The average Bonchev–Trinajstić information content (AvgIpc) is 2.62. The van der Waals surface area contributed by atoms with Crippen LogP contribution in [-0.2, 0) is 19.5 Å². The second-order valence-electron chi connectivity index (χ2n) is 6.95. The van der Waals surface area contributed by atoms with E-state index in [4.69, 9.17) is 0 Å². The third-order valence-corrected chi connectivity index (χ3v) is 5.03. The molecule has 0 radical (unpaired) electrons. The van der Waals surface area contributed by atoms with Crippen LogP contribution in [0, 0.1) is 0 Å². The van der Waals surface area contributed by atoms with Gasteiger partial charge in [-0.05, 0) is 45.0 Å². The van der Waals surface area contributed by atoms with Gasteiger partial charge in [0.05, 0.1) is 6.54 Å². The van der Waals surface area contributed by atoms with E-state index in [0.717, 1.165) is 50.4 Å². The number of rotatable bonds is 6. The minimum Gasteiger partial charge on any atom is -0.309 e. The van der Waals surface area contributed by atoms with Crippen molar-refractivity contribution in [3.05, 3.63) is 63.8 Å². The van der Waals surface area contributed by atoms with Crippen LogP contribution in [0.15, 0.2) is 41.2 Å². The van der Waals surface area contributed by atoms with Crippen LogP contribution in [0.4, 0.5) is 0 Å². The number of nitrogens with one attached hydrogen (secondary N) is 1. The highest BCUT2D eigenvalue weighted by Crippen LogP contribution is 2.18. The Morgan fingerprint density at radius 2 is 1.96 bits per heavy atom. The molecule has 134 valence electrons. The third kappa shape index (κ3) is 5.00. The van der Waals surface area contributed by atoms with Gasteiger partial charge in [-0.25, -0.2) is 4.98 Å². The molecule has 0 spiro atoms. The van der Waals surface area contributed by atoms with E-state index in [1.165, 1.54) is 5.56 Å². The summed E-state index contributed by atoms with van der Waals surface area (Å²) in [7, 11) is 2.14. The minimum atomic E-state index is -0.0482. The van der Waals surface area contributed by atoms with E-state index in [0.29, 0.717) is 12.6 Å². The second kappa shape index (κ2) is 8.41. The van der Waals surface area contributed by atoms with E-state index in [-0.39, 0.29) is 5.56 Å². The molecule has 2 heterocycles. The van der Waals surface area contributed by atoms with Crippen LogP contribution in [0.2, 0.25) is 0 Å². The Morgan fingerprint density at radius 3 is 2.64 bits per heavy atom. The van der Waals surface area contributed by atoms with Crippen molar-refractivity contribution < 1.29 is 0 Å². The van der Waals surface area contributed by atoms with Crippen LogP contribution in [0.1, 0.15) is 36.8 Å². The van der Waals surface area contributed by atoms with E-state index in [1.807, 2.05) is 6.92 Å². The van der Waals surface area contributed by atoms with E-state index in [1.54, 1.807) is 6.07 Å². The number of aromatic nitrogens is 2. The zero-order valence-electron chi connectivity index (χ0n) is 15.2. The first-order chi connectivity index (χ1) is 12.1. The van der Waals surface area contributed by atoms with Gasteiger partial charge in [0.25, 0.3) is 5.56 Å². The normalized spacial score (nSPS) is 16.4. The summed E-state index contributed by atoms with van der Waals surface area (Å²) in [6, 6.07) is 12.8. The molecule has 1 N–H and O–H groups in total. The van der Waals surface area contributed by atoms with Crippen molar-refractivity contribution in [3.63, 3.8) is 0 Å². The molecular weight excluding hydrogens is 312 g/mol. The van der Waals surface area contributed by atoms with Gasteiger partial charge in [-0.3, -0.25) is 14.6 Å². The maximum atomic E-state index is 11.7. The first-order valence-corrected chi connectivity index (χ1v) is 9.19. The lowest BCUT2D eigenvalue weighted by molar-refractivity contribution is 0.117. The molecule has 0 amide bonds. The van der Waals surface area contributed by atoms with Crippen molar-refractivity contribution in [2.45, 2.75) is 45.3 Å². The number of likely N-dealkylation sites (tertiary alicyclic amines) is 1. The van der Waals surface area contributed by atoms with Crippen molar-refractivity contribution >= 4 is 0 Å². The molecule has 0 atom stereocenters. The molecule has 2 aromatic rings. The molecule has 1 aliphatic heterocycles. The molecule has 5 nitrogen and oxygen atoms in total. The van der Waals surface area contributed by atoms with Crippen LogP contribution in [0.25, 0.3) is 0 Å². The second-order valence-corrected chi connectivity index (χ2v) is 6.95. The van der Waals surface area contributed by atoms with Crippen molar-refractivity contribution in [2.24, 2.45) is 0 Å². The largest absolute Gasteiger partial charge is 0.309 e. The van der Waals surface area contributed by atoms with Crippen LogP contribution < -0.4 is 5.56 Å². The SMILES string of the molecule is CCc1cc(=O)[nH]c(CN(C)C2CCN(Cc3ccccc3)CC2)n1. The van der Waals surface area contributed by atoms with Gasteiger partial charge in [0, 0.05) is 24.3 Å². The molecule has 0 unspecified atom stereocenters. The summed E-state index contributed by atoms with van der Waals surface area (Å²) in [5.41, 5.74) is 2.20. The van der Waals surface area contributed by atoms with Crippen LogP contribution in [0.3, 0.4) is 0 Å². The lowest BCUT2D eigenvalue weighted by Crippen LogP contribution is -2.43. The fraction of sp³-hybridized carbons (Fsp3) is 0.500. The summed E-state index contributed by atoms with van der Waals surface area (Å²) < 4.78 is 0. The minimum absolute atomic E-state index is 0.0482. The third-order valence-electron chi connectivity index (χ3n) is 5.03. The number of hydrogen-bond acceptors (Lipinski definition) is 4. The highest BCUT2D eigenvalue weighted by atomic mass is 16.1. The summed E-state index contributed by atoms with van der Waals surface area (Å²) >= 11 is 0. The fourth-order valence-electron chi connectivity index (χ4n) is 3.54. The van der Waals surface area contributed by atoms with E-state index in [9.17, 15) is 4.79 Å². The number of benzene rings is 1. The maximum Gasteiger partial charge on any atom is 0.251 e. The summed E-state index contributed by atoms with van der Waals surface area (Å²) in [6.45, 7) is 5.99. The molecule has 1 aromatic heterocycles. The molecule has 25 heavy (non-hydrogen) atoms. The van der Waals surface area contributed by atoms with Gasteiger partial charge in [-0.15, -0.1) is 0 Å². The quantitative estimate of drug-likeness (QED) is 0.877. The van der Waals surface area contributed by atoms with Crippen molar-refractivity contribution in [3.8, 4) is 0 Å². The fourth-order valence-corrected chi connectivity index (χ4v) is 3.54. The van der Waals surface area contributed by atoms with Gasteiger partial charge in [-0.2, -0.15) is 0 Å². The standard InChI is InChI=1S/C20H28N4O/c1-3-17-13-20(25)22-19(21-17)15-23(2)18-9-11-24(12-10-18)14-16-7-5-4-6-8-16/h4-8,13,18H,3,9-12,14-15H2,1-2H3,(H,21,22,25). The number of H-pyrrole nitrogens is 1. The highest BCUT2D eigenvalue weighted by molar-refractivity contribution is 5.14. The molecule has 0 saturated carbocycles. The van der Waals surface area contributed by atoms with Crippen molar-refractivity contribution in [1.82, 2.24) is 19.8 Å². The van der Waals surface area contributed by atoms with E-state index >= 15 is 0 Å². The predicted octanol–water partition coefficient (Wildman–Crippen LogP) is 2.43. The van der Waals surface area contributed by atoms with Crippen LogP contribution in [0.5, 0.6) is 0 Å². The topological polar surface area (TPSA) is 52.2 Å². The van der Waals surface area contributed by atoms with Gasteiger partial charge in [-0.1, -0.05) is 37.3 Å². The Balaban J connectivity index is 1.52. The Hall–Kier alpha value is -1.98. The molecule has 1 saturated heterocycles. The van der Waals surface area contributed by atoms with E-state index in [2.05, 4.69) is 57.1 Å². The van der Waals surface area contributed by atoms with Crippen molar-refractivity contribution in [2.75, 3.05) is 20.1 Å². The zero-order valence-corrected chi connectivity index (χ0v) is 15.2. The molecule has 0 bridgehead atoms. The lowest BCUT2D eigenvalue weighted by atomic mass is 10.0. The first-order valence-electron chi connectivity index (χ1n) is 9.19.